The maximum Gasteiger partial charge on any atom is 0.271 e. The zero-order valence-corrected chi connectivity index (χ0v) is 13.6. The number of nitrogens with zero attached hydrogens (tertiary/aromatic N) is 2. The van der Waals surface area contributed by atoms with E-state index in [0.717, 1.165) is 12.8 Å². The Morgan fingerprint density at radius 1 is 1.43 bits per heavy atom. The van der Waals surface area contributed by atoms with Crippen LogP contribution in [-0.2, 0) is 15.4 Å². The summed E-state index contributed by atoms with van der Waals surface area (Å²) in [6.07, 6.45) is 3.90. The molecule has 6 heteroatoms. The first-order chi connectivity index (χ1) is 10.9. The molecule has 3 heterocycles. The topological polar surface area (TPSA) is 71.5 Å². The van der Waals surface area contributed by atoms with Gasteiger partial charge in [0.2, 0.25) is 5.91 Å². The van der Waals surface area contributed by atoms with Crippen LogP contribution in [0.5, 0.6) is 0 Å². The molecule has 2 fully saturated rings. The summed E-state index contributed by atoms with van der Waals surface area (Å²) in [6, 6.07) is 3.49. The Hall–Kier alpha value is -1.95. The minimum Gasteiger partial charge on any atom is -0.333 e. The van der Waals surface area contributed by atoms with Gasteiger partial charge in [-0.15, -0.1) is 0 Å². The highest BCUT2D eigenvalue weighted by atomic mass is 16.5. The van der Waals surface area contributed by atoms with Crippen molar-refractivity contribution in [2.45, 2.75) is 45.0 Å². The smallest absolute Gasteiger partial charge is 0.271 e. The van der Waals surface area contributed by atoms with Crippen molar-refractivity contribution in [3.05, 3.63) is 29.6 Å². The molecule has 122 valence electrons. The van der Waals surface area contributed by atoms with Crippen molar-refractivity contribution >= 4 is 11.8 Å². The Kier molecular flexibility index (Phi) is 2.89. The summed E-state index contributed by atoms with van der Waals surface area (Å²) >= 11 is 0. The van der Waals surface area contributed by atoms with Crippen LogP contribution in [0.2, 0.25) is 0 Å². The number of aromatic nitrogens is 1. The summed E-state index contributed by atoms with van der Waals surface area (Å²) in [6.45, 7) is 6.22. The quantitative estimate of drug-likeness (QED) is 0.916. The molecule has 2 atom stereocenters. The van der Waals surface area contributed by atoms with Crippen LogP contribution in [0, 0.1) is 11.8 Å². The molecule has 23 heavy (non-hydrogen) atoms. The second-order valence-corrected chi connectivity index (χ2v) is 7.19. The van der Waals surface area contributed by atoms with Crippen molar-refractivity contribution in [2.75, 3.05) is 6.61 Å². The van der Waals surface area contributed by atoms with E-state index in [9.17, 15) is 9.59 Å². The fourth-order valence-corrected chi connectivity index (χ4v) is 3.46. The Bertz CT molecular complexity index is 700. The standard InChI is InChI=1S/C17H21N3O3/c1-10(2)16(3)15(22)19-17(23-9-11-6-7-11)13-12(5-4-8-18-13)14(21)20(16)17/h4-5,8,10-11H,6-7,9H2,1-3H3,(H,19,22). The van der Waals surface area contributed by atoms with Gasteiger partial charge in [-0.3, -0.25) is 19.5 Å². The number of fused-ring (bicyclic) bond motifs is 3. The summed E-state index contributed by atoms with van der Waals surface area (Å²) in [4.78, 5) is 31.7. The fourth-order valence-electron chi connectivity index (χ4n) is 3.46. The molecule has 1 saturated carbocycles. The maximum atomic E-state index is 13.0. The van der Waals surface area contributed by atoms with Gasteiger partial charge in [0.15, 0.2) is 0 Å². The van der Waals surface area contributed by atoms with Gasteiger partial charge in [0.05, 0.1) is 12.2 Å². The van der Waals surface area contributed by atoms with Crippen LogP contribution in [0.1, 0.15) is 49.7 Å². The molecule has 3 aliphatic rings. The van der Waals surface area contributed by atoms with Crippen molar-refractivity contribution < 1.29 is 14.3 Å². The van der Waals surface area contributed by atoms with Crippen LogP contribution in [0.3, 0.4) is 0 Å². The minimum atomic E-state index is -1.26. The number of rotatable bonds is 4. The first-order valence-electron chi connectivity index (χ1n) is 8.18. The Morgan fingerprint density at radius 3 is 2.83 bits per heavy atom. The van der Waals surface area contributed by atoms with E-state index < -0.39 is 11.4 Å². The second kappa shape index (κ2) is 4.54. The largest absolute Gasteiger partial charge is 0.333 e. The van der Waals surface area contributed by atoms with Gasteiger partial charge in [-0.25, -0.2) is 0 Å². The van der Waals surface area contributed by atoms with Gasteiger partial charge in [0.1, 0.15) is 11.2 Å². The van der Waals surface area contributed by atoms with Gasteiger partial charge in [0.25, 0.3) is 11.8 Å². The molecule has 4 rings (SSSR count). The van der Waals surface area contributed by atoms with Gasteiger partial charge in [-0.05, 0) is 43.7 Å². The van der Waals surface area contributed by atoms with Crippen molar-refractivity contribution in [3.63, 3.8) is 0 Å². The lowest BCUT2D eigenvalue weighted by atomic mass is 9.87. The number of pyridine rings is 1. The van der Waals surface area contributed by atoms with Crippen LogP contribution in [0.15, 0.2) is 18.3 Å². The zero-order chi connectivity index (χ0) is 16.4. The van der Waals surface area contributed by atoms with E-state index >= 15 is 0 Å². The van der Waals surface area contributed by atoms with Crippen molar-refractivity contribution in [2.24, 2.45) is 11.8 Å². The molecule has 2 amide bonds. The van der Waals surface area contributed by atoms with E-state index in [1.807, 2.05) is 13.8 Å². The van der Waals surface area contributed by atoms with E-state index in [0.29, 0.717) is 23.8 Å². The van der Waals surface area contributed by atoms with Gasteiger partial charge in [-0.1, -0.05) is 13.8 Å². The van der Waals surface area contributed by atoms with Gasteiger partial charge in [0, 0.05) is 6.20 Å². The highest BCUT2D eigenvalue weighted by molar-refractivity contribution is 6.06. The fraction of sp³-hybridized carbons (Fsp3) is 0.588. The Balaban J connectivity index is 1.86. The number of hydrogen-bond donors (Lipinski definition) is 1. The zero-order valence-electron chi connectivity index (χ0n) is 13.6. The lowest BCUT2D eigenvalue weighted by molar-refractivity contribution is -0.159. The number of hydrogen-bond acceptors (Lipinski definition) is 4. The SMILES string of the molecule is CC(C)C1(C)C(=O)NC2(OCC3CC3)c3ncccc3C(=O)N21. The van der Waals surface area contributed by atoms with E-state index in [-0.39, 0.29) is 17.7 Å². The van der Waals surface area contributed by atoms with Gasteiger partial charge < -0.3 is 10.1 Å². The molecular formula is C17H21N3O3. The average molecular weight is 315 g/mol. The van der Waals surface area contributed by atoms with Crippen molar-refractivity contribution in [3.8, 4) is 0 Å². The van der Waals surface area contributed by atoms with E-state index in [1.165, 1.54) is 0 Å². The predicted molar refractivity (Wildman–Crippen MR) is 82.1 cm³/mol. The lowest BCUT2D eigenvalue weighted by Gasteiger charge is -2.39. The Labute approximate surface area is 135 Å². The number of amides is 2. The molecule has 1 aromatic heterocycles. The molecule has 2 unspecified atom stereocenters. The summed E-state index contributed by atoms with van der Waals surface area (Å²) in [7, 11) is 0. The molecule has 1 saturated heterocycles. The molecule has 0 bridgehead atoms. The maximum absolute atomic E-state index is 13.0. The number of nitrogens with one attached hydrogen (secondary N) is 1. The average Bonchev–Trinajstić information content (AvgIpc) is 3.28. The van der Waals surface area contributed by atoms with Crippen LogP contribution in [-0.4, -0.2) is 33.8 Å². The molecular weight excluding hydrogens is 294 g/mol. The normalized spacial score (nSPS) is 32.3. The minimum absolute atomic E-state index is 0.0489. The van der Waals surface area contributed by atoms with E-state index in [2.05, 4.69) is 10.3 Å². The van der Waals surface area contributed by atoms with E-state index in [4.69, 9.17) is 4.74 Å². The van der Waals surface area contributed by atoms with Crippen LogP contribution in [0.25, 0.3) is 0 Å². The van der Waals surface area contributed by atoms with Crippen LogP contribution >= 0.6 is 0 Å². The molecule has 0 aromatic carbocycles. The van der Waals surface area contributed by atoms with Gasteiger partial charge >= 0.3 is 0 Å². The second-order valence-electron chi connectivity index (χ2n) is 7.19. The first-order valence-corrected chi connectivity index (χ1v) is 8.18. The van der Waals surface area contributed by atoms with Crippen LogP contribution in [0.4, 0.5) is 0 Å². The van der Waals surface area contributed by atoms with Crippen molar-refractivity contribution in [1.29, 1.82) is 0 Å². The highest BCUT2D eigenvalue weighted by Gasteiger charge is 2.68. The summed E-state index contributed by atoms with van der Waals surface area (Å²) in [5.41, 5.74) is 0.0555. The lowest BCUT2D eigenvalue weighted by Crippen LogP contribution is -2.56. The van der Waals surface area contributed by atoms with Gasteiger partial charge in [-0.2, -0.15) is 0 Å². The number of ether oxygens (including phenoxy) is 1. The Morgan fingerprint density at radius 2 is 2.17 bits per heavy atom. The third-order valence-electron chi connectivity index (χ3n) is 5.43. The summed E-state index contributed by atoms with van der Waals surface area (Å²) in [5, 5.41) is 2.95. The molecule has 1 N–H and O–H groups in total. The predicted octanol–water partition coefficient (Wildman–Crippen LogP) is 1.62. The van der Waals surface area contributed by atoms with E-state index in [1.54, 1.807) is 30.2 Å². The highest BCUT2D eigenvalue weighted by Crippen LogP contribution is 2.49. The summed E-state index contributed by atoms with van der Waals surface area (Å²) < 4.78 is 6.16. The molecule has 2 aliphatic heterocycles. The monoisotopic (exact) mass is 315 g/mol. The molecule has 1 aliphatic carbocycles. The summed E-state index contributed by atoms with van der Waals surface area (Å²) in [5.74, 6) is -1.18. The third kappa shape index (κ3) is 1.75. The number of carbonyl (C=O) groups excluding carboxylic acids is 2. The van der Waals surface area contributed by atoms with Crippen LogP contribution < -0.4 is 5.32 Å². The molecule has 1 aromatic rings. The van der Waals surface area contributed by atoms with Crippen molar-refractivity contribution in [1.82, 2.24) is 15.2 Å². The molecule has 0 radical (unpaired) electrons. The third-order valence-corrected chi connectivity index (χ3v) is 5.43. The molecule has 0 spiro atoms. The first kappa shape index (κ1) is 14.6. The molecule has 6 nitrogen and oxygen atoms in total. The number of carbonyl (C=O) groups is 2.